The van der Waals surface area contributed by atoms with E-state index < -0.39 is 11.9 Å². The lowest BCUT2D eigenvalue weighted by atomic mass is 9.92. The summed E-state index contributed by atoms with van der Waals surface area (Å²) in [5.41, 5.74) is 7.29. The lowest BCUT2D eigenvalue weighted by Gasteiger charge is -2.31. The van der Waals surface area contributed by atoms with Crippen molar-refractivity contribution in [1.82, 2.24) is 0 Å². The zero-order valence-electron chi connectivity index (χ0n) is 14.0. The molecule has 1 N–H and O–H groups in total. The summed E-state index contributed by atoms with van der Waals surface area (Å²) in [5.74, 6) is -1.23. The highest BCUT2D eigenvalue weighted by molar-refractivity contribution is 5.75. The Balaban J connectivity index is 1.89. The van der Waals surface area contributed by atoms with Gasteiger partial charge in [-0.3, -0.25) is 4.79 Å². The number of carbonyl (C=O) groups is 1. The molecule has 1 heterocycles. The van der Waals surface area contributed by atoms with Crippen LogP contribution in [0.4, 0.5) is 5.69 Å². The highest BCUT2D eigenvalue weighted by Crippen LogP contribution is 2.28. The minimum absolute atomic E-state index is 0.461. The zero-order chi connectivity index (χ0) is 16.6. The van der Waals surface area contributed by atoms with Crippen LogP contribution in [0.25, 0.3) is 0 Å². The van der Waals surface area contributed by atoms with E-state index in [4.69, 9.17) is 0 Å². The van der Waals surface area contributed by atoms with Crippen LogP contribution in [0.5, 0.6) is 0 Å². The van der Waals surface area contributed by atoms with Gasteiger partial charge in [0.15, 0.2) is 0 Å². The number of rotatable bonds is 3. The van der Waals surface area contributed by atoms with Crippen LogP contribution in [0.3, 0.4) is 0 Å². The summed E-state index contributed by atoms with van der Waals surface area (Å²) < 4.78 is 0. The highest BCUT2D eigenvalue weighted by atomic mass is 16.4. The molecule has 3 nitrogen and oxygen atoms in total. The maximum Gasteiger partial charge on any atom is 0.310 e. The minimum Gasteiger partial charge on any atom is -0.481 e. The summed E-state index contributed by atoms with van der Waals surface area (Å²) in [5, 5.41) is 9.22. The fraction of sp³-hybridized carbons (Fsp3) is 0.350. The van der Waals surface area contributed by atoms with Crippen molar-refractivity contribution >= 4 is 11.7 Å². The molecule has 0 spiro atoms. The topological polar surface area (TPSA) is 40.5 Å². The van der Waals surface area contributed by atoms with Crippen LogP contribution in [0.15, 0.2) is 36.4 Å². The van der Waals surface area contributed by atoms with E-state index in [0.29, 0.717) is 0 Å². The van der Waals surface area contributed by atoms with Crippen molar-refractivity contribution in [3.63, 3.8) is 0 Å². The number of benzene rings is 2. The first-order chi connectivity index (χ1) is 10.9. The quantitative estimate of drug-likeness (QED) is 0.929. The van der Waals surface area contributed by atoms with Crippen molar-refractivity contribution < 1.29 is 9.90 Å². The molecule has 0 bridgehead atoms. The third-order valence-electron chi connectivity index (χ3n) is 4.68. The smallest absolute Gasteiger partial charge is 0.310 e. The molecule has 1 aliphatic heterocycles. The molecule has 0 saturated heterocycles. The van der Waals surface area contributed by atoms with Crippen LogP contribution >= 0.6 is 0 Å². The normalized spacial score (nSPS) is 15.2. The van der Waals surface area contributed by atoms with E-state index in [-0.39, 0.29) is 0 Å². The van der Waals surface area contributed by atoms with Crippen molar-refractivity contribution in [2.75, 3.05) is 11.4 Å². The van der Waals surface area contributed by atoms with Crippen LogP contribution in [-0.2, 0) is 17.8 Å². The van der Waals surface area contributed by atoms with Gasteiger partial charge >= 0.3 is 5.97 Å². The maximum atomic E-state index is 11.2. The Bertz CT molecular complexity index is 731. The van der Waals surface area contributed by atoms with Gasteiger partial charge in [-0.25, -0.2) is 0 Å². The van der Waals surface area contributed by atoms with Crippen LogP contribution in [0.1, 0.15) is 40.7 Å². The molecule has 1 unspecified atom stereocenters. The van der Waals surface area contributed by atoms with Crippen molar-refractivity contribution in [2.45, 2.75) is 39.7 Å². The average Bonchev–Trinajstić information content (AvgIpc) is 2.52. The Morgan fingerprint density at radius 1 is 1.09 bits per heavy atom. The maximum absolute atomic E-state index is 11.2. The zero-order valence-corrected chi connectivity index (χ0v) is 14.0. The number of carboxylic acid groups (broad SMARTS) is 1. The summed E-state index contributed by atoms with van der Waals surface area (Å²) in [6.45, 7) is 7.85. The number of anilines is 1. The van der Waals surface area contributed by atoms with Crippen molar-refractivity contribution in [3.8, 4) is 0 Å². The average molecular weight is 309 g/mol. The highest BCUT2D eigenvalue weighted by Gasteiger charge is 2.20. The molecule has 2 aromatic rings. The van der Waals surface area contributed by atoms with Gasteiger partial charge < -0.3 is 10.0 Å². The molecule has 0 amide bonds. The van der Waals surface area contributed by atoms with Gasteiger partial charge in [-0.05, 0) is 67.1 Å². The Labute approximate surface area is 137 Å². The number of hydrogen-bond acceptors (Lipinski definition) is 2. The van der Waals surface area contributed by atoms with Crippen LogP contribution < -0.4 is 4.90 Å². The van der Waals surface area contributed by atoms with Gasteiger partial charge in [0.05, 0.1) is 5.92 Å². The summed E-state index contributed by atoms with van der Waals surface area (Å²) in [6.07, 6.45) is 1.00. The molecule has 23 heavy (non-hydrogen) atoms. The molecule has 0 saturated carbocycles. The van der Waals surface area contributed by atoms with Crippen molar-refractivity contribution in [1.29, 1.82) is 0 Å². The first-order valence-corrected chi connectivity index (χ1v) is 8.12. The van der Waals surface area contributed by atoms with Gasteiger partial charge in [0.1, 0.15) is 0 Å². The number of carboxylic acids is 1. The standard InChI is InChI=1S/C20H23NO2/c1-13-8-14(2)10-19(9-13)21-7-6-16-4-5-17(11-18(16)12-21)15(3)20(22)23/h4-5,8-11,15H,6-7,12H2,1-3H3,(H,22,23). The number of fused-ring (bicyclic) bond motifs is 1. The van der Waals surface area contributed by atoms with Gasteiger partial charge in [0.2, 0.25) is 0 Å². The molecule has 120 valence electrons. The Morgan fingerprint density at radius 3 is 2.43 bits per heavy atom. The van der Waals surface area contributed by atoms with E-state index >= 15 is 0 Å². The van der Waals surface area contributed by atoms with E-state index in [1.807, 2.05) is 6.07 Å². The van der Waals surface area contributed by atoms with Gasteiger partial charge in [-0.1, -0.05) is 24.3 Å². The number of hydrogen-bond donors (Lipinski definition) is 1. The van der Waals surface area contributed by atoms with Crippen molar-refractivity contribution in [3.05, 3.63) is 64.2 Å². The molecule has 0 aromatic heterocycles. The molecule has 1 aliphatic rings. The van der Waals surface area contributed by atoms with Gasteiger partial charge in [0, 0.05) is 18.8 Å². The first kappa shape index (κ1) is 15.6. The second-order valence-corrected chi connectivity index (χ2v) is 6.61. The molecule has 0 aliphatic carbocycles. The van der Waals surface area contributed by atoms with Crippen LogP contribution in [0.2, 0.25) is 0 Å². The molecule has 0 radical (unpaired) electrons. The largest absolute Gasteiger partial charge is 0.481 e. The van der Waals surface area contributed by atoms with Gasteiger partial charge in [-0.15, -0.1) is 0 Å². The second-order valence-electron chi connectivity index (χ2n) is 6.61. The Kier molecular flexibility index (Phi) is 4.12. The lowest BCUT2D eigenvalue weighted by molar-refractivity contribution is -0.138. The fourth-order valence-corrected chi connectivity index (χ4v) is 3.34. The third-order valence-corrected chi connectivity index (χ3v) is 4.68. The second kappa shape index (κ2) is 6.07. The van der Waals surface area contributed by atoms with E-state index in [1.54, 1.807) is 6.92 Å². The minimum atomic E-state index is -0.771. The molecule has 0 fully saturated rings. The Morgan fingerprint density at radius 2 is 1.78 bits per heavy atom. The van der Waals surface area contributed by atoms with E-state index in [1.165, 1.54) is 27.9 Å². The number of aliphatic carboxylic acids is 1. The third kappa shape index (κ3) is 3.24. The monoisotopic (exact) mass is 309 g/mol. The summed E-state index contributed by atoms with van der Waals surface area (Å²) >= 11 is 0. The Hall–Kier alpha value is -2.29. The van der Waals surface area contributed by atoms with Crippen LogP contribution in [0, 0.1) is 13.8 Å². The SMILES string of the molecule is Cc1cc(C)cc(N2CCc3ccc(C(C)C(=O)O)cc3C2)c1. The fourth-order valence-electron chi connectivity index (χ4n) is 3.34. The number of aryl methyl sites for hydroxylation is 2. The molecule has 1 atom stereocenters. The molecule has 2 aromatic carbocycles. The van der Waals surface area contributed by atoms with E-state index in [0.717, 1.165) is 25.1 Å². The molecule has 3 rings (SSSR count). The predicted molar refractivity (Wildman–Crippen MR) is 93.2 cm³/mol. The summed E-state index contributed by atoms with van der Waals surface area (Å²) in [7, 11) is 0. The van der Waals surface area contributed by atoms with Crippen LogP contribution in [-0.4, -0.2) is 17.6 Å². The van der Waals surface area contributed by atoms with Crippen molar-refractivity contribution in [2.24, 2.45) is 0 Å². The van der Waals surface area contributed by atoms with E-state index in [2.05, 4.69) is 49.1 Å². The first-order valence-electron chi connectivity index (χ1n) is 8.12. The number of nitrogens with zero attached hydrogens (tertiary/aromatic N) is 1. The molecular weight excluding hydrogens is 286 g/mol. The van der Waals surface area contributed by atoms with Gasteiger partial charge in [-0.2, -0.15) is 0 Å². The molecular formula is C20H23NO2. The summed E-state index contributed by atoms with van der Waals surface area (Å²) in [4.78, 5) is 13.6. The van der Waals surface area contributed by atoms with E-state index in [9.17, 15) is 9.90 Å². The summed E-state index contributed by atoms with van der Waals surface area (Å²) in [6, 6.07) is 12.8. The van der Waals surface area contributed by atoms with Gasteiger partial charge in [0.25, 0.3) is 0 Å². The predicted octanol–water partition coefficient (Wildman–Crippen LogP) is 4.05. The molecule has 3 heteroatoms. The lowest BCUT2D eigenvalue weighted by Crippen LogP contribution is -2.30.